The number of halogens is 3. The molecule has 0 saturated carbocycles. The molecule has 0 spiro atoms. The van der Waals surface area contributed by atoms with Crippen molar-refractivity contribution in [1.82, 2.24) is 9.62 Å². The molecular formula is C43H50F3N2O11PS. The summed E-state index contributed by atoms with van der Waals surface area (Å²) in [7, 11) is -8.22. The van der Waals surface area contributed by atoms with Gasteiger partial charge in [-0.1, -0.05) is 86.6 Å². The van der Waals surface area contributed by atoms with Crippen LogP contribution in [0.1, 0.15) is 42.5 Å². The number of fused-ring (bicyclic) bond motifs is 1. The smallest absolute Gasteiger partial charge is 0.416 e. The van der Waals surface area contributed by atoms with Gasteiger partial charge in [-0.15, -0.1) is 0 Å². The second kappa shape index (κ2) is 20.7. The first-order chi connectivity index (χ1) is 29.1. The number of amides is 1. The number of ether oxygens (including phenoxy) is 4. The van der Waals surface area contributed by atoms with E-state index in [1.165, 1.54) is 0 Å². The van der Waals surface area contributed by atoms with Gasteiger partial charge in [-0.2, -0.15) is 17.5 Å². The molecule has 0 aromatic heterocycles. The van der Waals surface area contributed by atoms with E-state index < -0.39 is 72.9 Å². The zero-order valence-corrected chi connectivity index (χ0v) is 35.4. The fraction of sp³-hybridized carbons (Fsp3) is 0.419. The standard InChI is InChI=1S/C43H50F3N2O11PS/c1-30(2)24-48(61(52,53)36-19-15-34(16-20-36)43(44,45)46)25-39(49)38(47-42(50)59-40-28-55-41-37(40)21-22-54-41)23-31-13-17-35(18-14-31)56-29-60(51,57-26-32-9-5-3-6-10-32)58-27-33-11-7-4-8-12-33/h3-20,30,37-41,49H,21-29H2,1-2H3,(H,47,50)/t37-,38-,39+,40-,41+/m0/s1. The Morgan fingerprint density at radius 1 is 0.869 bits per heavy atom. The summed E-state index contributed by atoms with van der Waals surface area (Å²) in [6, 6.07) is 27.0. The van der Waals surface area contributed by atoms with Crippen LogP contribution < -0.4 is 10.1 Å². The molecule has 0 unspecified atom stereocenters. The van der Waals surface area contributed by atoms with Crippen molar-refractivity contribution >= 4 is 23.7 Å². The minimum absolute atomic E-state index is 0.0123. The largest absolute Gasteiger partial charge is 0.481 e. The molecule has 18 heteroatoms. The Morgan fingerprint density at radius 2 is 1.48 bits per heavy atom. The SMILES string of the molecule is CC(C)CN(C[C@@H](O)[C@H](Cc1ccc(OCP(=O)(OCc2ccccc2)OCc2ccccc2)cc1)NC(=O)O[C@H]1CO[C@H]2OCC[C@H]21)S(=O)(=O)c1ccc(C(F)(F)F)cc1. The molecule has 6 rings (SSSR count). The number of nitrogens with zero attached hydrogens (tertiary/aromatic N) is 1. The summed E-state index contributed by atoms with van der Waals surface area (Å²) in [6.45, 7) is 3.54. The number of alkyl halides is 3. The monoisotopic (exact) mass is 890 g/mol. The number of aliphatic hydroxyl groups is 1. The second-order valence-electron chi connectivity index (χ2n) is 15.3. The van der Waals surface area contributed by atoms with Crippen molar-refractivity contribution in [2.45, 2.75) is 75.5 Å². The number of rotatable bonds is 20. The highest BCUT2D eigenvalue weighted by Crippen LogP contribution is 2.50. The highest BCUT2D eigenvalue weighted by molar-refractivity contribution is 7.89. The molecule has 61 heavy (non-hydrogen) atoms. The average Bonchev–Trinajstić information content (AvgIpc) is 3.87. The topological polar surface area (TPSA) is 159 Å². The van der Waals surface area contributed by atoms with E-state index in [9.17, 15) is 36.1 Å². The summed E-state index contributed by atoms with van der Waals surface area (Å²) in [5.41, 5.74) is 1.17. The normalized spacial score (nSPS) is 19.1. The summed E-state index contributed by atoms with van der Waals surface area (Å²) in [6.07, 6.45) is -7.94. The van der Waals surface area contributed by atoms with Gasteiger partial charge in [-0.25, -0.2) is 13.2 Å². The van der Waals surface area contributed by atoms with E-state index in [0.29, 0.717) is 36.5 Å². The molecule has 0 radical (unpaired) electrons. The lowest BCUT2D eigenvalue weighted by Crippen LogP contribution is -2.51. The third-order valence-electron chi connectivity index (χ3n) is 10.1. The third kappa shape index (κ3) is 13.1. The third-order valence-corrected chi connectivity index (χ3v) is 13.4. The second-order valence-corrected chi connectivity index (χ2v) is 19.2. The van der Waals surface area contributed by atoms with Crippen LogP contribution in [0.5, 0.6) is 5.75 Å². The van der Waals surface area contributed by atoms with Crippen LogP contribution in [0.3, 0.4) is 0 Å². The number of carbonyl (C=O) groups is 1. The molecule has 4 aromatic rings. The molecule has 2 N–H and O–H groups in total. The van der Waals surface area contributed by atoms with Gasteiger partial charge in [0.25, 0.3) is 0 Å². The number of hydrogen-bond donors (Lipinski definition) is 2. The molecule has 2 heterocycles. The Kier molecular flexibility index (Phi) is 15.7. The van der Waals surface area contributed by atoms with Gasteiger partial charge < -0.3 is 38.4 Å². The minimum Gasteiger partial charge on any atom is -0.481 e. The molecule has 2 aliphatic heterocycles. The van der Waals surface area contributed by atoms with E-state index in [1.807, 2.05) is 60.7 Å². The lowest BCUT2D eigenvalue weighted by Gasteiger charge is -2.31. The zero-order chi connectivity index (χ0) is 43.6. The van der Waals surface area contributed by atoms with Crippen LogP contribution in [0.4, 0.5) is 18.0 Å². The summed E-state index contributed by atoms with van der Waals surface area (Å²) in [5, 5.41) is 14.4. The summed E-state index contributed by atoms with van der Waals surface area (Å²) >= 11 is 0. The first-order valence-electron chi connectivity index (χ1n) is 19.8. The molecule has 2 saturated heterocycles. The summed E-state index contributed by atoms with van der Waals surface area (Å²) in [5.74, 6) is -0.0905. The van der Waals surface area contributed by atoms with Crippen LogP contribution in [0.2, 0.25) is 0 Å². The van der Waals surface area contributed by atoms with E-state index >= 15 is 0 Å². The zero-order valence-electron chi connectivity index (χ0n) is 33.7. The van der Waals surface area contributed by atoms with E-state index in [2.05, 4.69) is 5.32 Å². The minimum atomic E-state index is -4.67. The Balaban J connectivity index is 1.17. The lowest BCUT2D eigenvalue weighted by molar-refractivity contribution is -0.137. The maximum atomic E-state index is 13.9. The Hall–Kier alpha value is -4.32. The summed E-state index contributed by atoms with van der Waals surface area (Å²) < 4.78 is 117. The molecule has 2 aliphatic rings. The first-order valence-corrected chi connectivity index (χ1v) is 23.0. The Bertz CT molecular complexity index is 2120. The highest BCUT2D eigenvalue weighted by Gasteiger charge is 2.44. The number of carbonyl (C=O) groups excluding carboxylic acids is 1. The quantitative estimate of drug-likeness (QED) is 0.0835. The fourth-order valence-corrected chi connectivity index (χ4v) is 9.71. The first kappa shape index (κ1) is 46.2. The van der Waals surface area contributed by atoms with Crippen molar-refractivity contribution < 1.29 is 64.1 Å². The van der Waals surface area contributed by atoms with E-state index in [1.54, 1.807) is 38.1 Å². The molecule has 330 valence electrons. The van der Waals surface area contributed by atoms with Gasteiger partial charge in [0.05, 0.1) is 55.0 Å². The number of hydrogen-bond acceptors (Lipinski definition) is 11. The van der Waals surface area contributed by atoms with Crippen LogP contribution >= 0.6 is 7.60 Å². The van der Waals surface area contributed by atoms with Crippen molar-refractivity contribution in [1.29, 1.82) is 0 Å². The molecule has 0 bridgehead atoms. The van der Waals surface area contributed by atoms with Gasteiger partial charge in [0.15, 0.2) is 12.6 Å². The van der Waals surface area contributed by atoms with Gasteiger partial charge in [-0.05, 0) is 71.8 Å². The van der Waals surface area contributed by atoms with Gasteiger partial charge in [0, 0.05) is 13.1 Å². The van der Waals surface area contributed by atoms with Crippen LogP contribution in [0.25, 0.3) is 0 Å². The van der Waals surface area contributed by atoms with Gasteiger partial charge in [0.2, 0.25) is 10.0 Å². The van der Waals surface area contributed by atoms with Gasteiger partial charge >= 0.3 is 19.9 Å². The number of aliphatic hydroxyl groups excluding tert-OH is 1. The maximum absolute atomic E-state index is 13.9. The number of sulfonamides is 1. The molecule has 4 aromatic carbocycles. The Morgan fingerprint density at radius 3 is 2.05 bits per heavy atom. The predicted octanol–water partition coefficient (Wildman–Crippen LogP) is 7.77. The number of nitrogens with one attached hydrogen (secondary N) is 1. The van der Waals surface area contributed by atoms with Gasteiger partial charge in [0.1, 0.15) is 11.9 Å². The van der Waals surface area contributed by atoms with Crippen LogP contribution in [0.15, 0.2) is 114 Å². The lowest BCUT2D eigenvalue weighted by atomic mass is 10.0. The van der Waals surface area contributed by atoms with Crippen LogP contribution in [-0.4, -0.2) is 81.1 Å². The molecule has 5 atom stereocenters. The Labute approximate surface area is 353 Å². The maximum Gasteiger partial charge on any atom is 0.416 e. The van der Waals surface area contributed by atoms with Crippen molar-refractivity contribution in [3.05, 3.63) is 131 Å². The van der Waals surface area contributed by atoms with E-state index in [0.717, 1.165) is 27.6 Å². The van der Waals surface area contributed by atoms with Crippen molar-refractivity contribution in [2.24, 2.45) is 11.8 Å². The molecule has 1 amide bonds. The molecule has 0 aliphatic carbocycles. The van der Waals surface area contributed by atoms with Crippen molar-refractivity contribution in [3.63, 3.8) is 0 Å². The molecule has 13 nitrogen and oxygen atoms in total. The van der Waals surface area contributed by atoms with Crippen molar-refractivity contribution in [3.8, 4) is 5.75 Å². The van der Waals surface area contributed by atoms with Crippen LogP contribution in [0, 0.1) is 11.8 Å². The highest BCUT2D eigenvalue weighted by atomic mass is 32.2. The molecular weight excluding hydrogens is 841 g/mol. The van der Waals surface area contributed by atoms with Crippen LogP contribution in [-0.2, 0) is 63.7 Å². The fourth-order valence-electron chi connectivity index (χ4n) is 6.87. The number of alkyl carbamates (subject to hydrolysis) is 1. The average molecular weight is 891 g/mol. The predicted molar refractivity (Wildman–Crippen MR) is 218 cm³/mol. The van der Waals surface area contributed by atoms with E-state index in [4.69, 9.17) is 28.0 Å². The van der Waals surface area contributed by atoms with Gasteiger partial charge in [-0.3, -0.25) is 4.57 Å². The molecule has 2 fully saturated rings. The number of benzene rings is 4. The van der Waals surface area contributed by atoms with E-state index in [-0.39, 0.29) is 49.5 Å². The summed E-state index contributed by atoms with van der Waals surface area (Å²) in [4.78, 5) is 13.0. The van der Waals surface area contributed by atoms with Crippen molar-refractivity contribution in [2.75, 3.05) is 32.7 Å².